The lowest BCUT2D eigenvalue weighted by atomic mass is 10.2. The van der Waals surface area contributed by atoms with Gasteiger partial charge in [0.15, 0.2) is 5.15 Å². The van der Waals surface area contributed by atoms with Crippen LogP contribution >= 0.6 is 23.2 Å². The van der Waals surface area contributed by atoms with Crippen LogP contribution < -0.4 is 5.32 Å². The largest absolute Gasteiger partial charge is 0.319 e. The van der Waals surface area contributed by atoms with Crippen LogP contribution in [0.2, 0.25) is 10.4 Å². The fourth-order valence-electron chi connectivity index (χ4n) is 2.01. The van der Waals surface area contributed by atoms with E-state index in [4.69, 9.17) is 23.2 Å². The third kappa shape index (κ3) is 2.51. The van der Waals surface area contributed by atoms with Gasteiger partial charge in [-0.2, -0.15) is 0 Å². The first-order valence-corrected chi connectivity index (χ1v) is 6.16. The molecule has 1 N–H and O–H groups in total. The van der Waals surface area contributed by atoms with Crippen molar-refractivity contribution < 1.29 is 0 Å². The molecule has 1 aromatic heterocycles. The number of hydrogen-bond acceptors (Lipinski definition) is 3. The molecule has 2 rings (SSSR count). The molecule has 90 valence electrons. The van der Waals surface area contributed by atoms with Crippen LogP contribution in [0, 0.1) is 0 Å². The second-order valence-electron chi connectivity index (χ2n) is 4.27. The summed E-state index contributed by atoms with van der Waals surface area (Å²) in [6.07, 6.45) is 0. The molecule has 1 aliphatic heterocycles. The Bertz CT molecular complexity index is 377. The van der Waals surface area contributed by atoms with E-state index in [-0.39, 0.29) is 0 Å². The van der Waals surface area contributed by atoms with Crippen LogP contribution in [-0.4, -0.2) is 40.1 Å². The number of imidazole rings is 1. The van der Waals surface area contributed by atoms with Crippen molar-refractivity contribution in [2.75, 3.05) is 19.6 Å². The maximum atomic E-state index is 6.05. The SMILES string of the molecule is C[C@H]1CN(Cc2c(Cl)nc(Cl)n2C)CCN1. The topological polar surface area (TPSA) is 33.1 Å². The first kappa shape index (κ1) is 12.2. The summed E-state index contributed by atoms with van der Waals surface area (Å²) in [6, 6.07) is 0.524. The summed E-state index contributed by atoms with van der Waals surface area (Å²) in [5.74, 6) is 0. The zero-order valence-electron chi connectivity index (χ0n) is 9.50. The van der Waals surface area contributed by atoms with Gasteiger partial charge in [0.05, 0.1) is 5.69 Å². The second kappa shape index (κ2) is 4.92. The van der Waals surface area contributed by atoms with Crippen molar-refractivity contribution in [2.45, 2.75) is 19.5 Å². The molecule has 0 radical (unpaired) electrons. The minimum absolute atomic E-state index is 0.447. The van der Waals surface area contributed by atoms with E-state index in [2.05, 4.69) is 22.1 Å². The summed E-state index contributed by atoms with van der Waals surface area (Å²) in [6.45, 7) is 6.07. The molecule has 0 aliphatic carbocycles. The summed E-state index contributed by atoms with van der Waals surface area (Å²) in [5, 5.41) is 4.37. The number of nitrogens with one attached hydrogen (secondary N) is 1. The average Bonchev–Trinajstić information content (AvgIpc) is 2.45. The third-order valence-corrected chi connectivity index (χ3v) is 3.58. The normalized spacial score (nSPS) is 22.6. The summed E-state index contributed by atoms with van der Waals surface area (Å²) < 4.78 is 1.84. The predicted molar refractivity (Wildman–Crippen MR) is 66.0 cm³/mol. The molecule has 1 aromatic rings. The van der Waals surface area contributed by atoms with Crippen LogP contribution in [0.1, 0.15) is 12.6 Å². The van der Waals surface area contributed by atoms with Crippen molar-refractivity contribution in [3.8, 4) is 0 Å². The lowest BCUT2D eigenvalue weighted by Gasteiger charge is -2.31. The van der Waals surface area contributed by atoms with Crippen molar-refractivity contribution >= 4 is 23.2 Å². The highest BCUT2D eigenvalue weighted by atomic mass is 35.5. The van der Waals surface area contributed by atoms with Gasteiger partial charge in [-0.05, 0) is 18.5 Å². The molecule has 0 amide bonds. The van der Waals surface area contributed by atoms with Crippen molar-refractivity contribution in [3.05, 3.63) is 16.1 Å². The number of rotatable bonds is 2. The Morgan fingerprint density at radius 1 is 1.50 bits per heavy atom. The van der Waals surface area contributed by atoms with Gasteiger partial charge in [0.2, 0.25) is 5.28 Å². The van der Waals surface area contributed by atoms with E-state index in [1.165, 1.54) is 0 Å². The van der Waals surface area contributed by atoms with E-state index in [1.54, 1.807) is 0 Å². The monoisotopic (exact) mass is 262 g/mol. The highest BCUT2D eigenvalue weighted by Gasteiger charge is 2.19. The van der Waals surface area contributed by atoms with E-state index in [9.17, 15) is 0 Å². The van der Waals surface area contributed by atoms with E-state index in [0.717, 1.165) is 31.9 Å². The molecule has 16 heavy (non-hydrogen) atoms. The van der Waals surface area contributed by atoms with E-state index in [1.807, 2.05) is 11.6 Å². The van der Waals surface area contributed by atoms with Crippen LogP contribution in [0.4, 0.5) is 0 Å². The van der Waals surface area contributed by atoms with E-state index < -0.39 is 0 Å². The Balaban J connectivity index is 2.08. The van der Waals surface area contributed by atoms with Gasteiger partial charge in [0.1, 0.15) is 0 Å². The van der Waals surface area contributed by atoms with Crippen LogP contribution in [0.3, 0.4) is 0 Å². The summed E-state index contributed by atoms with van der Waals surface area (Å²) in [7, 11) is 1.89. The zero-order chi connectivity index (χ0) is 11.7. The minimum Gasteiger partial charge on any atom is -0.319 e. The van der Waals surface area contributed by atoms with Gasteiger partial charge >= 0.3 is 0 Å². The molecule has 0 saturated carbocycles. The predicted octanol–water partition coefficient (Wildman–Crippen LogP) is 1.52. The van der Waals surface area contributed by atoms with Gasteiger partial charge in [-0.15, -0.1) is 0 Å². The Morgan fingerprint density at radius 2 is 2.25 bits per heavy atom. The van der Waals surface area contributed by atoms with Crippen molar-refractivity contribution in [3.63, 3.8) is 0 Å². The van der Waals surface area contributed by atoms with Gasteiger partial charge in [-0.1, -0.05) is 11.6 Å². The number of piperazine rings is 1. The van der Waals surface area contributed by atoms with E-state index in [0.29, 0.717) is 16.5 Å². The Kier molecular flexibility index (Phi) is 3.74. The Hall–Kier alpha value is -0.290. The first-order chi connectivity index (χ1) is 7.58. The number of halogens is 2. The van der Waals surface area contributed by atoms with Gasteiger partial charge in [-0.25, -0.2) is 4.98 Å². The molecule has 2 heterocycles. The maximum Gasteiger partial charge on any atom is 0.204 e. The lowest BCUT2D eigenvalue weighted by Crippen LogP contribution is -2.48. The molecule has 1 saturated heterocycles. The Morgan fingerprint density at radius 3 is 2.81 bits per heavy atom. The van der Waals surface area contributed by atoms with Crippen molar-refractivity contribution in [1.29, 1.82) is 0 Å². The molecular weight excluding hydrogens is 247 g/mol. The van der Waals surface area contributed by atoms with Crippen LogP contribution in [-0.2, 0) is 13.6 Å². The fraction of sp³-hybridized carbons (Fsp3) is 0.700. The molecular formula is C10H16Cl2N4. The molecule has 0 spiro atoms. The quantitative estimate of drug-likeness (QED) is 0.878. The molecule has 0 unspecified atom stereocenters. The summed E-state index contributed by atoms with van der Waals surface area (Å²) in [5.41, 5.74) is 0.987. The average molecular weight is 263 g/mol. The molecule has 4 nitrogen and oxygen atoms in total. The summed E-state index contributed by atoms with van der Waals surface area (Å²) in [4.78, 5) is 6.41. The molecule has 1 aliphatic rings. The minimum atomic E-state index is 0.447. The zero-order valence-corrected chi connectivity index (χ0v) is 11.0. The maximum absolute atomic E-state index is 6.05. The van der Waals surface area contributed by atoms with Gasteiger partial charge < -0.3 is 9.88 Å². The number of aromatic nitrogens is 2. The fourth-order valence-corrected chi connectivity index (χ4v) is 2.51. The van der Waals surface area contributed by atoms with Crippen LogP contribution in [0.25, 0.3) is 0 Å². The molecule has 6 heteroatoms. The van der Waals surface area contributed by atoms with Crippen molar-refractivity contribution in [1.82, 2.24) is 19.8 Å². The molecule has 0 aromatic carbocycles. The number of nitrogens with zero attached hydrogens (tertiary/aromatic N) is 3. The first-order valence-electron chi connectivity index (χ1n) is 5.40. The lowest BCUT2D eigenvalue weighted by molar-refractivity contribution is 0.196. The molecule has 1 fully saturated rings. The second-order valence-corrected chi connectivity index (χ2v) is 4.96. The van der Waals surface area contributed by atoms with Crippen molar-refractivity contribution in [2.24, 2.45) is 7.05 Å². The smallest absolute Gasteiger partial charge is 0.204 e. The third-order valence-electron chi connectivity index (χ3n) is 2.94. The van der Waals surface area contributed by atoms with Gasteiger partial charge in [0.25, 0.3) is 0 Å². The van der Waals surface area contributed by atoms with Crippen LogP contribution in [0.15, 0.2) is 0 Å². The van der Waals surface area contributed by atoms with E-state index >= 15 is 0 Å². The number of hydrogen-bond donors (Lipinski definition) is 1. The van der Waals surface area contributed by atoms with Gasteiger partial charge in [0, 0.05) is 39.3 Å². The summed E-state index contributed by atoms with van der Waals surface area (Å²) >= 11 is 12.0. The Labute approximate surface area is 106 Å². The molecule has 0 bridgehead atoms. The van der Waals surface area contributed by atoms with Crippen LogP contribution in [0.5, 0.6) is 0 Å². The highest BCUT2D eigenvalue weighted by Crippen LogP contribution is 2.21. The van der Waals surface area contributed by atoms with Gasteiger partial charge in [-0.3, -0.25) is 4.90 Å². The molecule has 1 atom stereocenters. The standard InChI is InChI=1S/C10H16Cl2N4/c1-7-5-16(4-3-13-7)6-8-9(11)14-10(12)15(8)2/h7,13H,3-6H2,1-2H3/t7-/m0/s1. The highest BCUT2D eigenvalue weighted by molar-refractivity contribution is 6.32.